The molecule has 0 aliphatic carbocycles. The molecule has 1 aromatic heterocycles. The van der Waals surface area contributed by atoms with Crippen LogP contribution >= 0.6 is 15.9 Å². The predicted octanol–water partition coefficient (Wildman–Crippen LogP) is 2.04. The molecule has 4 nitrogen and oxygen atoms in total. The van der Waals surface area contributed by atoms with E-state index < -0.39 is 0 Å². The number of aromatic nitrogens is 3. The molecule has 0 saturated heterocycles. The van der Waals surface area contributed by atoms with Crippen LogP contribution in [0.3, 0.4) is 0 Å². The van der Waals surface area contributed by atoms with Crippen LogP contribution in [-0.4, -0.2) is 21.9 Å². The highest BCUT2D eigenvalue weighted by Gasteiger charge is 2.02. The lowest BCUT2D eigenvalue weighted by molar-refractivity contribution is 0.412. The normalized spacial score (nSPS) is 10.1. The second-order valence-electron chi connectivity index (χ2n) is 2.66. The van der Waals surface area contributed by atoms with Gasteiger partial charge >= 0.3 is 0 Å². The summed E-state index contributed by atoms with van der Waals surface area (Å²) in [5.41, 5.74) is 0.919. The van der Waals surface area contributed by atoms with Crippen LogP contribution in [0.4, 0.5) is 0 Å². The van der Waals surface area contributed by atoms with Crippen LogP contribution in [0, 0.1) is 0 Å². The second kappa shape index (κ2) is 3.79. The Bertz CT molecular complexity index is 428. The monoisotopic (exact) mass is 253 g/mol. The number of rotatable bonds is 2. The highest BCUT2D eigenvalue weighted by Crippen LogP contribution is 2.26. The van der Waals surface area contributed by atoms with E-state index in [9.17, 15) is 0 Å². The van der Waals surface area contributed by atoms with Crippen molar-refractivity contribution in [3.05, 3.63) is 35.3 Å². The number of nitrogens with zero attached hydrogens (tertiary/aromatic N) is 3. The molecule has 0 bridgehead atoms. The highest BCUT2D eigenvalue weighted by molar-refractivity contribution is 9.10. The Balaban J connectivity index is 2.46. The lowest BCUT2D eigenvalue weighted by atomic mass is 10.3. The maximum Gasteiger partial charge on any atom is 0.138 e. The van der Waals surface area contributed by atoms with Crippen LogP contribution in [0.5, 0.6) is 5.75 Å². The quantitative estimate of drug-likeness (QED) is 0.823. The Morgan fingerprint density at radius 1 is 1.43 bits per heavy atom. The lowest BCUT2D eigenvalue weighted by Crippen LogP contribution is -1.95. The summed E-state index contributed by atoms with van der Waals surface area (Å²) in [7, 11) is 1.63. The van der Waals surface area contributed by atoms with Crippen LogP contribution in [0.25, 0.3) is 5.69 Å². The van der Waals surface area contributed by atoms with E-state index in [1.54, 1.807) is 18.1 Å². The fourth-order valence-electron chi connectivity index (χ4n) is 1.13. The third-order valence-corrected chi connectivity index (χ3v) is 2.47. The van der Waals surface area contributed by atoms with Crippen molar-refractivity contribution in [2.24, 2.45) is 0 Å². The molecule has 5 heteroatoms. The van der Waals surface area contributed by atoms with Crippen molar-refractivity contribution >= 4 is 15.9 Å². The number of benzene rings is 1. The van der Waals surface area contributed by atoms with Gasteiger partial charge in [0.15, 0.2) is 0 Å². The van der Waals surface area contributed by atoms with Gasteiger partial charge in [0.25, 0.3) is 0 Å². The van der Waals surface area contributed by atoms with Gasteiger partial charge in [-0.15, -0.1) is 0 Å². The first-order valence-electron chi connectivity index (χ1n) is 4.00. The Hall–Kier alpha value is -1.36. The first-order chi connectivity index (χ1) is 6.81. The van der Waals surface area contributed by atoms with Crippen LogP contribution in [0.2, 0.25) is 0 Å². The van der Waals surface area contributed by atoms with E-state index in [1.165, 1.54) is 6.33 Å². The first-order valence-corrected chi connectivity index (χ1v) is 4.79. The third kappa shape index (κ3) is 1.63. The molecule has 0 unspecified atom stereocenters. The van der Waals surface area contributed by atoms with Gasteiger partial charge in [-0.05, 0) is 28.1 Å². The highest BCUT2D eigenvalue weighted by atomic mass is 79.9. The van der Waals surface area contributed by atoms with E-state index in [4.69, 9.17) is 4.74 Å². The SMILES string of the molecule is COc1cc(-n2cncn2)ccc1Br. The topological polar surface area (TPSA) is 39.9 Å². The van der Waals surface area contributed by atoms with Gasteiger partial charge in [-0.3, -0.25) is 0 Å². The summed E-state index contributed by atoms with van der Waals surface area (Å²) in [5.74, 6) is 0.776. The second-order valence-corrected chi connectivity index (χ2v) is 3.51. The van der Waals surface area contributed by atoms with Gasteiger partial charge in [0, 0.05) is 6.07 Å². The molecule has 0 spiro atoms. The minimum absolute atomic E-state index is 0.776. The zero-order chi connectivity index (χ0) is 9.97. The number of hydrogen-bond donors (Lipinski definition) is 0. The summed E-state index contributed by atoms with van der Waals surface area (Å²) < 4.78 is 7.77. The van der Waals surface area contributed by atoms with Crippen molar-refractivity contribution < 1.29 is 4.74 Å². The summed E-state index contributed by atoms with van der Waals surface area (Å²) >= 11 is 3.38. The number of hydrogen-bond acceptors (Lipinski definition) is 3. The third-order valence-electron chi connectivity index (χ3n) is 1.82. The summed E-state index contributed by atoms with van der Waals surface area (Å²) in [6.07, 6.45) is 3.14. The van der Waals surface area contributed by atoms with Gasteiger partial charge in [0.2, 0.25) is 0 Å². The number of ether oxygens (including phenoxy) is 1. The molecule has 0 fully saturated rings. The van der Waals surface area contributed by atoms with E-state index in [0.29, 0.717) is 0 Å². The van der Waals surface area contributed by atoms with Gasteiger partial charge in [-0.1, -0.05) is 0 Å². The Labute approximate surface area is 89.7 Å². The molecule has 0 aliphatic heterocycles. The Kier molecular flexibility index (Phi) is 2.49. The van der Waals surface area contributed by atoms with E-state index >= 15 is 0 Å². The minimum Gasteiger partial charge on any atom is -0.495 e. The van der Waals surface area contributed by atoms with Gasteiger partial charge in [-0.2, -0.15) is 5.10 Å². The zero-order valence-corrected chi connectivity index (χ0v) is 9.10. The fraction of sp³-hybridized carbons (Fsp3) is 0.111. The molecule has 72 valence electrons. The molecule has 0 N–H and O–H groups in total. The van der Waals surface area contributed by atoms with Crippen molar-refractivity contribution in [1.82, 2.24) is 14.8 Å². The average Bonchev–Trinajstić information content (AvgIpc) is 2.71. The van der Waals surface area contributed by atoms with Crippen molar-refractivity contribution in [2.45, 2.75) is 0 Å². The molecule has 1 aromatic carbocycles. The van der Waals surface area contributed by atoms with Crippen LogP contribution in [-0.2, 0) is 0 Å². The van der Waals surface area contributed by atoms with Gasteiger partial charge < -0.3 is 4.74 Å². The average molecular weight is 254 g/mol. The summed E-state index contributed by atoms with van der Waals surface area (Å²) in [6.45, 7) is 0. The molecule has 0 atom stereocenters. The summed E-state index contributed by atoms with van der Waals surface area (Å²) in [5, 5.41) is 4.03. The number of methoxy groups -OCH3 is 1. The van der Waals surface area contributed by atoms with E-state index in [2.05, 4.69) is 26.0 Å². The predicted molar refractivity (Wildman–Crippen MR) is 55.6 cm³/mol. The van der Waals surface area contributed by atoms with E-state index in [-0.39, 0.29) is 0 Å². The van der Waals surface area contributed by atoms with Crippen LogP contribution in [0.1, 0.15) is 0 Å². The van der Waals surface area contributed by atoms with Gasteiger partial charge in [-0.25, -0.2) is 9.67 Å². The number of halogens is 1. The first kappa shape index (κ1) is 9.21. The molecule has 0 aliphatic rings. The van der Waals surface area contributed by atoms with Crippen molar-refractivity contribution in [1.29, 1.82) is 0 Å². The Morgan fingerprint density at radius 3 is 2.93 bits per heavy atom. The van der Waals surface area contributed by atoms with Gasteiger partial charge in [0.05, 0.1) is 17.3 Å². The van der Waals surface area contributed by atoms with Crippen molar-refractivity contribution in [3.63, 3.8) is 0 Å². The molecule has 2 rings (SSSR count). The largest absolute Gasteiger partial charge is 0.495 e. The molecule has 2 aromatic rings. The van der Waals surface area contributed by atoms with Crippen molar-refractivity contribution in [3.8, 4) is 11.4 Å². The smallest absolute Gasteiger partial charge is 0.138 e. The summed E-state index contributed by atoms with van der Waals surface area (Å²) in [6, 6.07) is 5.73. The maximum absolute atomic E-state index is 5.18. The molecule has 0 saturated carbocycles. The van der Waals surface area contributed by atoms with E-state index in [0.717, 1.165) is 15.9 Å². The Morgan fingerprint density at radius 2 is 2.29 bits per heavy atom. The summed E-state index contributed by atoms with van der Waals surface area (Å²) in [4.78, 5) is 3.88. The molecule has 0 amide bonds. The molecule has 1 heterocycles. The molecule has 0 radical (unpaired) electrons. The van der Waals surface area contributed by atoms with Crippen LogP contribution < -0.4 is 4.74 Å². The van der Waals surface area contributed by atoms with Crippen LogP contribution in [0.15, 0.2) is 35.3 Å². The zero-order valence-electron chi connectivity index (χ0n) is 7.51. The maximum atomic E-state index is 5.18. The minimum atomic E-state index is 0.776. The standard InChI is InChI=1S/C9H8BrN3O/c1-14-9-4-7(2-3-8(9)10)13-6-11-5-12-13/h2-6H,1H3. The molecular formula is C9H8BrN3O. The van der Waals surface area contributed by atoms with Gasteiger partial charge in [0.1, 0.15) is 18.4 Å². The molecular weight excluding hydrogens is 246 g/mol. The lowest BCUT2D eigenvalue weighted by Gasteiger charge is -2.05. The van der Waals surface area contributed by atoms with Crippen molar-refractivity contribution in [2.75, 3.05) is 7.11 Å². The molecule has 14 heavy (non-hydrogen) atoms. The van der Waals surface area contributed by atoms with E-state index in [1.807, 2.05) is 18.2 Å². The fourth-order valence-corrected chi connectivity index (χ4v) is 1.54.